The fraction of sp³-hybridized carbons (Fsp3) is 0.409. The van der Waals surface area contributed by atoms with Gasteiger partial charge in [-0.05, 0) is 48.1 Å². The summed E-state index contributed by atoms with van der Waals surface area (Å²) in [6.45, 7) is 6.39. The average molecular weight is 340 g/mol. The Bertz CT molecular complexity index is 691. The second-order valence-electron chi connectivity index (χ2n) is 6.21. The van der Waals surface area contributed by atoms with Gasteiger partial charge in [-0.25, -0.2) is 4.79 Å². The van der Waals surface area contributed by atoms with Gasteiger partial charge in [0, 0.05) is 0 Å². The van der Waals surface area contributed by atoms with Crippen molar-refractivity contribution in [2.24, 2.45) is 0 Å². The van der Waals surface area contributed by atoms with Crippen LogP contribution in [0.25, 0.3) is 0 Å². The minimum Gasteiger partial charge on any atom is -0.394 e. The molecule has 0 spiro atoms. The molecule has 0 aliphatic rings. The number of benzene rings is 2. The highest BCUT2D eigenvalue weighted by atomic mass is 16.7. The summed E-state index contributed by atoms with van der Waals surface area (Å²) in [5, 5.41) is 0. The number of carbonyl (C=O) groups excluding carboxylic acids is 1. The third-order valence-electron chi connectivity index (χ3n) is 4.13. The van der Waals surface area contributed by atoms with Crippen molar-refractivity contribution in [3.05, 3.63) is 59.2 Å². The molecular weight excluding hydrogens is 312 g/mol. The van der Waals surface area contributed by atoms with E-state index in [1.54, 1.807) is 0 Å². The van der Waals surface area contributed by atoms with Crippen molar-refractivity contribution in [1.82, 2.24) is 0 Å². The van der Waals surface area contributed by atoms with E-state index >= 15 is 0 Å². The number of hydrogen-bond acceptors (Lipinski definition) is 3. The van der Waals surface area contributed by atoms with Crippen molar-refractivity contribution in [2.45, 2.75) is 59.3 Å². The van der Waals surface area contributed by atoms with Crippen molar-refractivity contribution in [3.8, 4) is 11.5 Å². The highest BCUT2D eigenvalue weighted by Crippen LogP contribution is 2.26. The second kappa shape index (κ2) is 9.87. The molecule has 25 heavy (non-hydrogen) atoms. The summed E-state index contributed by atoms with van der Waals surface area (Å²) < 4.78 is 11.0. The Hall–Kier alpha value is -2.29. The minimum absolute atomic E-state index is 0.580. The van der Waals surface area contributed by atoms with Crippen molar-refractivity contribution in [2.75, 3.05) is 0 Å². The third-order valence-corrected chi connectivity index (χ3v) is 4.13. The molecule has 134 valence electrons. The number of para-hydroxylation sites is 1. The fourth-order valence-electron chi connectivity index (χ4n) is 3.02. The van der Waals surface area contributed by atoms with E-state index in [9.17, 15) is 4.79 Å². The molecule has 3 heteroatoms. The standard InChI is InChI=1S/C22H28O3/c1-4-10-17-14-9-16-21(19(17)12-6-3)25-22(23)24-20-15-8-7-13-18(20)11-5-2/h7-9,13-16H,4-6,10-12H2,1-3H3. The predicted octanol–water partition coefficient (Wildman–Crippen LogP) is 6.12. The van der Waals surface area contributed by atoms with E-state index in [1.807, 2.05) is 36.4 Å². The Labute approximate surface area is 151 Å². The van der Waals surface area contributed by atoms with Crippen LogP contribution in [0, 0.1) is 0 Å². The first-order valence-corrected chi connectivity index (χ1v) is 9.27. The second-order valence-corrected chi connectivity index (χ2v) is 6.21. The lowest BCUT2D eigenvalue weighted by atomic mass is 9.99. The van der Waals surface area contributed by atoms with Crippen LogP contribution in [-0.4, -0.2) is 6.16 Å². The summed E-state index contributed by atoms with van der Waals surface area (Å²) in [5.74, 6) is 1.20. The lowest BCUT2D eigenvalue weighted by Gasteiger charge is -2.14. The molecule has 0 saturated carbocycles. The highest BCUT2D eigenvalue weighted by molar-refractivity contribution is 5.68. The van der Waals surface area contributed by atoms with E-state index in [4.69, 9.17) is 9.47 Å². The van der Waals surface area contributed by atoms with Gasteiger partial charge in [-0.3, -0.25) is 0 Å². The number of carbonyl (C=O) groups is 1. The third kappa shape index (κ3) is 5.35. The number of ether oxygens (including phenoxy) is 2. The maximum atomic E-state index is 12.3. The Balaban J connectivity index is 2.16. The van der Waals surface area contributed by atoms with Crippen LogP contribution in [0.15, 0.2) is 42.5 Å². The molecule has 0 atom stereocenters. The Kier molecular flexibility index (Phi) is 7.52. The lowest BCUT2D eigenvalue weighted by Crippen LogP contribution is -2.16. The van der Waals surface area contributed by atoms with Crippen LogP contribution in [0.1, 0.15) is 56.7 Å². The van der Waals surface area contributed by atoms with Gasteiger partial charge in [0.15, 0.2) is 0 Å². The molecule has 0 bridgehead atoms. The zero-order valence-corrected chi connectivity index (χ0v) is 15.5. The van der Waals surface area contributed by atoms with Gasteiger partial charge in [0.25, 0.3) is 0 Å². The van der Waals surface area contributed by atoms with E-state index in [-0.39, 0.29) is 0 Å². The Morgan fingerprint density at radius 3 is 2.00 bits per heavy atom. The molecule has 0 aliphatic heterocycles. The van der Waals surface area contributed by atoms with E-state index in [0.29, 0.717) is 11.5 Å². The molecule has 0 fully saturated rings. The van der Waals surface area contributed by atoms with Crippen LogP contribution in [-0.2, 0) is 19.3 Å². The van der Waals surface area contributed by atoms with Gasteiger partial charge < -0.3 is 9.47 Å². The largest absolute Gasteiger partial charge is 0.519 e. The predicted molar refractivity (Wildman–Crippen MR) is 102 cm³/mol. The van der Waals surface area contributed by atoms with Crippen molar-refractivity contribution in [1.29, 1.82) is 0 Å². The van der Waals surface area contributed by atoms with Crippen molar-refractivity contribution < 1.29 is 14.3 Å². The smallest absolute Gasteiger partial charge is 0.394 e. The number of aryl methyl sites for hydroxylation is 2. The van der Waals surface area contributed by atoms with Gasteiger partial charge in [0.1, 0.15) is 11.5 Å². The Morgan fingerprint density at radius 2 is 1.28 bits per heavy atom. The quantitative estimate of drug-likeness (QED) is 0.429. The lowest BCUT2D eigenvalue weighted by molar-refractivity contribution is 0.151. The van der Waals surface area contributed by atoms with Crippen LogP contribution in [0.4, 0.5) is 4.79 Å². The molecule has 3 nitrogen and oxygen atoms in total. The van der Waals surface area contributed by atoms with Crippen molar-refractivity contribution in [3.63, 3.8) is 0 Å². The first-order valence-electron chi connectivity index (χ1n) is 9.27. The molecule has 0 saturated heterocycles. The molecule has 2 aromatic rings. The van der Waals surface area contributed by atoms with E-state index in [1.165, 1.54) is 5.56 Å². The molecule has 0 radical (unpaired) electrons. The first-order chi connectivity index (χ1) is 12.2. The summed E-state index contributed by atoms with van der Waals surface area (Å²) in [4.78, 5) is 12.3. The molecular formula is C22H28O3. The van der Waals surface area contributed by atoms with Crippen LogP contribution >= 0.6 is 0 Å². The molecule has 0 aromatic heterocycles. The van der Waals surface area contributed by atoms with Crippen LogP contribution in [0.3, 0.4) is 0 Å². The van der Waals surface area contributed by atoms with Crippen molar-refractivity contribution >= 4 is 6.16 Å². The fourth-order valence-corrected chi connectivity index (χ4v) is 3.02. The van der Waals surface area contributed by atoms with Crippen LogP contribution in [0.2, 0.25) is 0 Å². The van der Waals surface area contributed by atoms with Gasteiger partial charge in [-0.1, -0.05) is 70.4 Å². The summed E-state index contributed by atoms with van der Waals surface area (Å²) in [6.07, 6.45) is 5.15. The van der Waals surface area contributed by atoms with Crippen LogP contribution in [0.5, 0.6) is 11.5 Å². The SMILES string of the molecule is CCCc1ccccc1OC(=O)Oc1cccc(CCC)c1CCC. The Morgan fingerprint density at radius 1 is 0.720 bits per heavy atom. The summed E-state index contributed by atoms with van der Waals surface area (Å²) in [7, 11) is 0. The van der Waals surface area contributed by atoms with E-state index < -0.39 is 6.16 Å². The molecule has 0 N–H and O–H groups in total. The van der Waals surface area contributed by atoms with Gasteiger partial charge in [0.05, 0.1) is 0 Å². The number of hydrogen-bond donors (Lipinski definition) is 0. The number of rotatable bonds is 8. The molecule has 0 aliphatic carbocycles. The minimum atomic E-state index is -0.672. The normalized spacial score (nSPS) is 10.5. The molecule has 2 rings (SSSR count). The molecule has 0 amide bonds. The van der Waals surface area contributed by atoms with Gasteiger partial charge in [-0.15, -0.1) is 0 Å². The molecule has 0 unspecified atom stereocenters. The van der Waals surface area contributed by atoms with E-state index in [0.717, 1.165) is 49.7 Å². The summed E-state index contributed by atoms with van der Waals surface area (Å²) in [5.41, 5.74) is 3.39. The van der Waals surface area contributed by atoms with Gasteiger partial charge in [0.2, 0.25) is 0 Å². The molecule has 2 aromatic carbocycles. The highest BCUT2D eigenvalue weighted by Gasteiger charge is 2.15. The van der Waals surface area contributed by atoms with Crippen LogP contribution < -0.4 is 9.47 Å². The summed E-state index contributed by atoms with van der Waals surface area (Å²) >= 11 is 0. The maximum absolute atomic E-state index is 12.3. The van der Waals surface area contributed by atoms with E-state index in [2.05, 4.69) is 26.8 Å². The average Bonchev–Trinajstić information content (AvgIpc) is 2.60. The van der Waals surface area contributed by atoms with Gasteiger partial charge in [-0.2, -0.15) is 0 Å². The summed E-state index contributed by atoms with van der Waals surface area (Å²) in [6, 6.07) is 13.5. The first kappa shape index (κ1) is 19.0. The monoisotopic (exact) mass is 340 g/mol. The topological polar surface area (TPSA) is 35.5 Å². The zero-order valence-electron chi connectivity index (χ0n) is 15.5. The zero-order chi connectivity index (χ0) is 18.1. The maximum Gasteiger partial charge on any atom is 0.519 e. The molecule has 0 heterocycles. The van der Waals surface area contributed by atoms with Gasteiger partial charge >= 0.3 is 6.16 Å².